The van der Waals surface area contributed by atoms with Crippen molar-refractivity contribution in [3.63, 3.8) is 0 Å². The van der Waals surface area contributed by atoms with Gasteiger partial charge in [-0.3, -0.25) is 0 Å². The third-order valence-electron chi connectivity index (χ3n) is 4.72. The molecule has 0 aromatic heterocycles. The normalized spacial score (nSPS) is 23.3. The van der Waals surface area contributed by atoms with E-state index < -0.39 is 0 Å². The van der Waals surface area contributed by atoms with Crippen molar-refractivity contribution in [1.82, 2.24) is 10.2 Å². The summed E-state index contributed by atoms with van der Waals surface area (Å²) in [4.78, 5) is 2.82. The van der Waals surface area contributed by atoms with Gasteiger partial charge in [0.15, 0.2) is 0 Å². The van der Waals surface area contributed by atoms with Crippen molar-refractivity contribution < 1.29 is 0 Å². The summed E-state index contributed by atoms with van der Waals surface area (Å²) in [6, 6.07) is 0.911. The topological polar surface area (TPSA) is 15.3 Å². The molecule has 2 heteroatoms. The van der Waals surface area contributed by atoms with Crippen molar-refractivity contribution in [1.29, 1.82) is 0 Å². The molecule has 0 spiro atoms. The van der Waals surface area contributed by atoms with Gasteiger partial charge in [0.1, 0.15) is 0 Å². The summed E-state index contributed by atoms with van der Waals surface area (Å²) in [5, 5.41) is 3.48. The molecule has 0 bridgehead atoms. The summed E-state index contributed by atoms with van der Waals surface area (Å²) in [5.41, 5.74) is 0. The molecular weight excluding hydrogens is 220 g/mol. The van der Waals surface area contributed by atoms with Gasteiger partial charge >= 0.3 is 0 Å². The van der Waals surface area contributed by atoms with Crippen LogP contribution >= 0.6 is 0 Å². The van der Waals surface area contributed by atoms with Gasteiger partial charge in [-0.25, -0.2) is 0 Å². The first kappa shape index (κ1) is 14.3. The van der Waals surface area contributed by atoms with Gasteiger partial charge in [-0.1, -0.05) is 26.7 Å². The molecule has 2 fully saturated rings. The maximum absolute atomic E-state index is 3.48. The molecule has 0 aromatic rings. The molecular formula is C16H32N2. The highest BCUT2D eigenvalue weighted by Gasteiger charge is 2.24. The Morgan fingerprint density at radius 2 is 1.72 bits per heavy atom. The van der Waals surface area contributed by atoms with Crippen LogP contribution in [0, 0.1) is 11.8 Å². The van der Waals surface area contributed by atoms with E-state index in [9.17, 15) is 0 Å². The minimum Gasteiger partial charge on any atom is -0.317 e. The van der Waals surface area contributed by atoms with Crippen LogP contribution in [-0.2, 0) is 0 Å². The molecule has 1 saturated carbocycles. The molecule has 0 unspecified atom stereocenters. The fourth-order valence-corrected chi connectivity index (χ4v) is 3.68. The highest BCUT2D eigenvalue weighted by atomic mass is 15.2. The summed E-state index contributed by atoms with van der Waals surface area (Å²) in [6.07, 6.45) is 10.1. The van der Waals surface area contributed by atoms with Crippen LogP contribution in [-0.4, -0.2) is 37.1 Å². The Morgan fingerprint density at radius 3 is 2.33 bits per heavy atom. The average molecular weight is 252 g/mol. The second-order valence-corrected chi connectivity index (χ2v) is 6.81. The van der Waals surface area contributed by atoms with Crippen LogP contribution in [0.1, 0.15) is 58.8 Å². The Hall–Kier alpha value is -0.0800. The molecule has 1 aliphatic carbocycles. The number of rotatable bonds is 6. The lowest BCUT2D eigenvalue weighted by Crippen LogP contribution is -2.38. The number of nitrogens with one attached hydrogen (secondary N) is 1. The van der Waals surface area contributed by atoms with Gasteiger partial charge in [-0.15, -0.1) is 0 Å². The number of nitrogens with zero attached hydrogens (tertiary/aromatic N) is 1. The van der Waals surface area contributed by atoms with Crippen LogP contribution in [0.25, 0.3) is 0 Å². The predicted octanol–water partition coefficient (Wildman–Crippen LogP) is 3.28. The quantitative estimate of drug-likeness (QED) is 0.780. The molecule has 1 aliphatic heterocycles. The van der Waals surface area contributed by atoms with Gasteiger partial charge < -0.3 is 10.2 Å². The van der Waals surface area contributed by atoms with E-state index in [1.807, 2.05) is 0 Å². The van der Waals surface area contributed by atoms with Gasteiger partial charge in [0.25, 0.3) is 0 Å². The Bertz CT molecular complexity index is 215. The average Bonchev–Trinajstić information content (AvgIpc) is 2.89. The first-order valence-electron chi connectivity index (χ1n) is 8.20. The molecule has 1 N–H and O–H groups in total. The minimum absolute atomic E-state index is 0.818. The maximum Gasteiger partial charge on any atom is 0.00953 e. The van der Waals surface area contributed by atoms with Crippen LogP contribution in [0.4, 0.5) is 0 Å². The zero-order valence-electron chi connectivity index (χ0n) is 12.5. The fraction of sp³-hybridized carbons (Fsp3) is 1.00. The van der Waals surface area contributed by atoms with Gasteiger partial charge in [0.05, 0.1) is 0 Å². The fourth-order valence-electron chi connectivity index (χ4n) is 3.68. The molecule has 2 nitrogen and oxygen atoms in total. The Labute approximate surface area is 114 Å². The van der Waals surface area contributed by atoms with Gasteiger partial charge in [-0.05, 0) is 63.6 Å². The van der Waals surface area contributed by atoms with Crippen LogP contribution in [0.15, 0.2) is 0 Å². The SMILES string of the molecule is CC(C)CN(CCC1CCNCC1)C1CCCC1. The number of hydrogen-bond acceptors (Lipinski definition) is 2. The summed E-state index contributed by atoms with van der Waals surface area (Å²) < 4.78 is 0. The molecule has 0 radical (unpaired) electrons. The molecule has 0 atom stereocenters. The third-order valence-corrected chi connectivity index (χ3v) is 4.72. The van der Waals surface area contributed by atoms with Crippen molar-refractivity contribution in [2.24, 2.45) is 11.8 Å². The van der Waals surface area contributed by atoms with E-state index in [-0.39, 0.29) is 0 Å². The van der Waals surface area contributed by atoms with Crippen LogP contribution in [0.5, 0.6) is 0 Å². The van der Waals surface area contributed by atoms with Crippen molar-refractivity contribution in [3.05, 3.63) is 0 Å². The standard InChI is InChI=1S/C16H32N2/c1-14(2)13-18(16-5-3-4-6-16)12-9-15-7-10-17-11-8-15/h14-17H,3-13H2,1-2H3. The lowest BCUT2D eigenvalue weighted by atomic mass is 9.94. The van der Waals surface area contributed by atoms with E-state index in [1.54, 1.807) is 0 Å². The van der Waals surface area contributed by atoms with Crippen LogP contribution < -0.4 is 5.32 Å². The first-order valence-corrected chi connectivity index (χ1v) is 8.20. The first-order chi connectivity index (χ1) is 8.75. The van der Waals surface area contributed by atoms with E-state index in [0.717, 1.165) is 17.9 Å². The molecule has 1 saturated heterocycles. The molecule has 0 amide bonds. The van der Waals surface area contributed by atoms with E-state index >= 15 is 0 Å². The van der Waals surface area contributed by atoms with Crippen molar-refractivity contribution in [3.8, 4) is 0 Å². The van der Waals surface area contributed by atoms with E-state index in [0.29, 0.717) is 0 Å². The summed E-state index contributed by atoms with van der Waals surface area (Å²) >= 11 is 0. The lowest BCUT2D eigenvalue weighted by molar-refractivity contribution is 0.159. The number of hydrogen-bond donors (Lipinski definition) is 1. The maximum atomic E-state index is 3.48. The van der Waals surface area contributed by atoms with Crippen molar-refractivity contribution in [2.75, 3.05) is 26.2 Å². The molecule has 2 aliphatic rings. The highest BCUT2D eigenvalue weighted by molar-refractivity contribution is 4.79. The monoisotopic (exact) mass is 252 g/mol. The summed E-state index contributed by atoms with van der Waals surface area (Å²) in [7, 11) is 0. The smallest absolute Gasteiger partial charge is 0.00953 e. The minimum atomic E-state index is 0.818. The van der Waals surface area contributed by atoms with Gasteiger partial charge in [0, 0.05) is 12.6 Å². The van der Waals surface area contributed by atoms with Crippen LogP contribution in [0.2, 0.25) is 0 Å². The summed E-state index contributed by atoms with van der Waals surface area (Å²) in [6.45, 7) is 9.90. The predicted molar refractivity (Wildman–Crippen MR) is 78.9 cm³/mol. The Morgan fingerprint density at radius 1 is 1.06 bits per heavy atom. The van der Waals surface area contributed by atoms with E-state index in [2.05, 4.69) is 24.1 Å². The third kappa shape index (κ3) is 4.55. The molecule has 0 aromatic carbocycles. The zero-order valence-corrected chi connectivity index (χ0v) is 12.5. The molecule has 2 rings (SSSR count). The van der Waals surface area contributed by atoms with Crippen molar-refractivity contribution >= 4 is 0 Å². The Balaban J connectivity index is 1.76. The lowest BCUT2D eigenvalue weighted by Gasteiger charge is -2.32. The largest absolute Gasteiger partial charge is 0.317 e. The summed E-state index contributed by atoms with van der Waals surface area (Å²) in [5.74, 6) is 1.81. The van der Waals surface area contributed by atoms with E-state index in [1.165, 1.54) is 71.1 Å². The number of piperidine rings is 1. The molecule has 18 heavy (non-hydrogen) atoms. The molecule has 1 heterocycles. The zero-order chi connectivity index (χ0) is 12.8. The Kier molecular flexibility index (Phi) is 5.97. The van der Waals surface area contributed by atoms with E-state index in [4.69, 9.17) is 0 Å². The van der Waals surface area contributed by atoms with Crippen LogP contribution in [0.3, 0.4) is 0 Å². The second-order valence-electron chi connectivity index (χ2n) is 6.81. The van der Waals surface area contributed by atoms with Crippen molar-refractivity contribution in [2.45, 2.75) is 64.8 Å². The van der Waals surface area contributed by atoms with Gasteiger partial charge in [-0.2, -0.15) is 0 Å². The van der Waals surface area contributed by atoms with Gasteiger partial charge in [0.2, 0.25) is 0 Å². The highest BCUT2D eigenvalue weighted by Crippen LogP contribution is 2.26. The second kappa shape index (κ2) is 7.49. The molecule has 106 valence electrons.